The lowest BCUT2D eigenvalue weighted by molar-refractivity contribution is 0.0914. The third-order valence-corrected chi connectivity index (χ3v) is 5.20. The molecule has 0 saturated heterocycles. The number of benzene rings is 1. The fraction of sp³-hybridized carbons (Fsp3) is 0.588. The topological polar surface area (TPSA) is 26.3 Å². The number of hydrogen-bond donors (Lipinski definition) is 0. The molecule has 1 aliphatic heterocycles. The van der Waals surface area contributed by atoms with Crippen LogP contribution in [0.5, 0.6) is 5.75 Å². The minimum absolute atomic E-state index is 0.0312. The fourth-order valence-corrected chi connectivity index (χ4v) is 3.84. The second-order valence-electron chi connectivity index (χ2n) is 7.17. The molecule has 0 amide bonds. The molecule has 2 heteroatoms. The standard InChI is InChI=1S/C17H20O2/c1-17(2)9-19-15-4-3-10(8-14(15)17)16(18)13-6-11-5-12(11)7-13/h3-4,8,11-13H,5-7,9H2,1-2H3. The number of ketones is 1. The van der Waals surface area contributed by atoms with Gasteiger partial charge in [-0.15, -0.1) is 0 Å². The number of carbonyl (C=O) groups is 1. The van der Waals surface area contributed by atoms with Crippen molar-refractivity contribution in [1.29, 1.82) is 0 Å². The lowest BCUT2D eigenvalue weighted by Gasteiger charge is -2.16. The molecule has 2 nitrogen and oxygen atoms in total. The maximum absolute atomic E-state index is 12.6. The van der Waals surface area contributed by atoms with Crippen LogP contribution in [0.2, 0.25) is 0 Å². The van der Waals surface area contributed by atoms with Crippen LogP contribution >= 0.6 is 0 Å². The molecule has 0 aromatic heterocycles. The number of fused-ring (bicyclic) bond motifs is 2. The van der Waals surface area contributed by atoms with Crippen LogP contribution in [-0.2, 0) is 5.41 Å². The molecule has 19 heavy (non-hydrogen) atoms. The van der Waals surface area contributed by atoms with Crippen molar-refractivity contribution in [3.05, 3.63) is 29.3 Å². The van der Waals surface area contributed by atoms with Gasteiger partial charge in [0, 0.05) is 22.5 Å². The normalized spacial score (nSPS) is 33.5. The molecular weight excluding hydrogens is 236 g/mol. The van der Waals surface area contributed by atoms with Gasteiger partial charge in [0.25, 0.3) is 0 Å². The summed E-state index contributed by atoms with van der Waals surface area (Å²) in [4.78, 5) is 12.6. The zero-order valence-corrected chi connectivity index (χ0v) is 11.6. The Labute approximate surface area is 114 Å². The summed E-state index contributed by atoms with van der Waals surface area (Å²) < 4.78 is 5.69. The van der Waals surface area contributed by atoms with Crippen LogP contribution in [-0.4, -0.2) is 12.4 Å². The molecule has 1 aromatic rings. The zero-order valence-electron chi connectivity index (χ0n) is 11.6. The van der Waals surface area contributed by atoms with Gasteiger partial charge in [-0.2, -0.15) is 0 Å². The van der Waals surface area contributed by atoms with Crippen molar-refractivity contribution in [2.75, 3.05) is 6.61 Å². The Morgan fingerprint density at radius 2 is 1.95 bits per heavy atom. The highest BCUT2D eigenvalue weighted by atomic mass is 16.5. The lowest BCUT2D eigenvalue weighted by atomic mass is 9.84. The average molecular weight is 256 g/mol. The molecule has 4 rings (SSSR count). The van der Waals surface area contributed by atoms with Crippen LogP contribution in [0.15, 0.2) is 18.2 Å². The largest absolute Gasteiger partial charge is 0.492 e. The first-order valence-corrected chi connectivity index (χ1v) is 7.36. The maximum atomic E-state index is 12.6. The first kappa shape index (κ1) is 11.5. The summed E-state index contributed by atoms with van der Waals surface area (Å²) in [5.74, 6) is 3.33. The van der Waals surface area contributed by atoms with Crippen molar-refractivity contribution in [2.24, 2.45) is 17.8 Å². The van der Waals surface area contributed by atoms with E-state index in [0.717, 1.165) is 36.0 Å². The molecule has 2 saturated carbocycles. The Bertz CT molecular complexity index is 548. The van der Waals surface area contributed by atoms with E-state index in [1.54, 1.807) is 0 Å². The van der Waals surface area contributed by atoms with E-state index >= 15 is 0 Å². The van der Waals surface area contributed by atoms with Crippen molar-refractivity contribution in [3.8, 4) is 5.75 Å². The third kappa shape index (κ3) is 1.73. The van der Waals surface area contributed by atoms with Gasteiger partial charge < -0.3 is 4.74 Å². The number of hydrogen-bond acceptors (Lipinski definition) is 2. The van der Waals surface area contributed by atoms with Crippen molar-refractivity contribution < 1.29 is 9.53 Å². The molecule has 2 aliphatic carbocycles. The highest BCUT2D eigenvalue weighted by Gasteiger charge is 2.48. The molecule has 2 fully saturated rings. The van der Waals surface area contributed by atoms with Crippen molar-refractivity contribution in [3.63, 3.8) is 0 Å². The molecule has 0 spiro atoms. The van der Waals surface area contributed by atoms with Crippen molar-refractivity contribution >= 4 is 5.78 Å². The van der Waals surface area contributed by atoms with Gasteiger partial charge in [-0.3, -0.25) is 4.79 Å². The summed E-state index contributed by atoms with van der Waals surface area (Å²) in [6.07, 6.45) is 3.62. The molecule has 100 valence electrons. The highest BCUT2D eigenvalue weighted by Crippen LogP contribution is 2.55. The third-order valence-electron chi connectivity index (χ3n) is 5.20. The number of rotatable bonds is 2. The highest BCUT2D eigenvalue weighted by molar-refractivity contribution is 5.98. The zero-order chi connectivity index (χ0) is 13.2. The summed E-state index contributed by atoms with van der Waals surface area (Å²) in [6.45, 7) is 5.07. The second kappa shape index (κ2) is 3.62. The summed E-state index contributed by atoms with van der Waals surface area (Å²) >= 11 is 0. The Balaban J connectivity index is 1.63. The predicted molar refractivity (Wildman–Crippen MR) is 73.6 cm³/mol. The van der Waals surface area contributed by atoms with E-state index in [1.807, 2.05) is 12.1 Å². The van der Waals surface area contributed by atoms with Crippen LogP contribution in [0.3, 0.4) is 0 Å². The lowest BCUT2D eigenvalue weighted by Crippen LogP contribution is -2.19. The van der Waals surface area contributed by atoms with E-state index in [1.165, 1.54) is 12.0 Å². The van der Waals surface area contributed by atoms with Crippen LogP contribution in [0.1, 0.15) is 49.0 Å². The first-order chi connectivity index (χ1) is 9.04. The van der Waals surface area contributed by atoms with Gasteiger partial charge in [-0.25, -0.2) is 0 Å². The molecule has 1 aromatic carbocycles. The predicted octanol–water partition coefficient (Wildman–Crippen LogP) is 3.59. The van der Waals surface area contributed by atoms with Crippen LogP contribution in [0, 0.1) is 17.8 Å². The summed E-state index contributed by atoms with van der Waals surface area (Å²) in [5.41, 5.74) is 2.12. The monoisotopic (exact) mass is 256 g/mol. The van der Waals surface area contributed by atoms with E-state index < -0.39 is 0 Å². The van der Waals surface area contributed by atoms with E-state index in [-0.39, 0.29) is 11.3 Å². The summed E-state index contributed by atoms with van der Waals surface area (Å²) in [5, 5.41) is 0. The Morgan fingerprint density at radius 1 is 1.21 bits per heavy atom. The molecule has 0 N–H and O–H groups in total. The molecule has 2 unspecified atom stereocenters. The van der Waals surface area contributed by atoms with Gasteiger partial charge in [0.05, 0.1) is 6.61 Å². The molecule has 1 heterocycles. The van der Waals surface area contributed by atoms with E-state index in [2.05, 4.69) is 19.9 Å². The minimum Gasteiger partial charge on any atom is -0.492 e. The first-order valence-electron chi connectivity index (χ1n) is 7.36. The Kier molecular flexibility index (Phi) is 2.19. The van der Waals surface area contributed by atoms with E-state index in [4.69, 9.17) is 4.74 Å². The fourth-order valence-electron chi connectivity index (χ4n) is 3.84. The minimum atomic E-state index is 0.0312. The molecule has 0 radical (unpaired) electrons. The van der Waals surface area contributed by atoms with Gasteiger partial charge in [0.1, 0.15) is 5.75 Å². The smallest absolute Gasteiger partial charge is 0.165 e. The maximum Gasteiger partial charge on any atom is 0.165 e. The molecular formula is C17H20O2. The Hall–Kier alpha value is -1.31. The SMILES string of the molecule is CC1(C)COc2ccc(C(=O)C3CC4CC4C3)cc21. The molecule has 2 atom stereocenters. The van der Waals surface area contributed by atoms with E-state index in [0.29, 0.717) is 12.4 Å². The van der Waals surface area contributed by atoms with Crippen molar-refractivity contribution in [1.82, 2.24) is 0 Å². The van der Waals surface area contributed by atoms with Crippen LogP contribution < -0.4 is 4.74 Å². The molecule has 3 aliphatic rings. The van der Waals surface area contributed by atoms with Gasteiger partial charge in [0.15, 0.2) is 5.78 Å². The van der Waals surface area contributed by atoms with Gasteiger partial charge >= 0.3 is 0 Å². The van der Waals surface area contributed by atoms with Crippen LogP contribution in [0.25, 0.3) is 0 Å². The summed E-state index contributed by atoms with van der Waals surface area (Å²) in [6, 6.07) is 6.01. The quantitative estimate of drug-likeness (QED) is 0.756. The number of ether oxygens (including phenoxy) is 1. The van der Waals surface area contributed by atoms with Gasteiger partial charge in [0.2, 0.25) is 0 Å². The molecule has 0 bridgehead atoms. The van der Waals surface area contributed by atoms with E-state index in [9.17, 15) is 4.79 Å². The number of carbonyl (C=O) groups excluding carboxylic acids is 1. The number of Topliss-reactive ketones (excluding diaryl/α,β-unsaturated/α-hetero) is 1. The second-order valence-corrected chi connectivity index (χ2v) is 7.17. The average Bonchev–Trinajstić information content (AvgIpc) is 2.88. The summed E-state index contributed by atoms with van der Waals surface area (Å²) in [7, 11) is 0. The van der Waals surface area contributed by atoms with Crippen molar-refractivity contribution in [2.45, 2.75) is 38.5 Å². The van der Waals surface area contributed by atoms with Gasteiger partial charge in [-0.05, 0) is 49.3 Å². The Morgan fingerprint density at radius 3 is 2.68 bits per heavy atom. The van der Waals surface area contributed by atoms with Gasteiger partial charge in [-0.1, -0.05) is 13.8 Å². The van der Waals surface area contributed by atoms with Crippen LogP contribution in [0.4, 0.5) is 0 Å².